The van der Waals surface area contributed by atoms with Gasteiger partial charge in [0, 0.05) is 12.1 Å². The Morgan fingerprint density at radius 1 is 0.228 bits per heavy atom. The van der Waals surface area contributed by atoms with Crippen LogP contribution in [0.4, 0.5) is 0 Å². The minimum Gasteiger partial charge on any atom is -0.303 e. The van der Waals surface area contributed by atoms with Crippen LogP contribution in [0.5, 0.6) is 0 Å². The zero-order valence-electron chi connectivity index (χ0n) is 43.1. The first-order valence-corrected chi connectivity index (χ1v) is 26.6. The Balaban J connectivity index is -0.000000366. The van der Waals surface area contributed by atoms with Crippen molar-refractivity contribution in [2.75, 3.05) is 65.4 Å². The van der Waals surface area contributed by atoms with Crippen LogP contribution in [-0.4, -0.2) is 97.1 Å². The fourth-order valence-corrected chi connectivity index (χ4v) is 7.77. The van der Waals surface area contributed by atoms with E-state index in [9.17, 15) is 0 Å². The predicted molar refractivity (Wildman–Crippen MR) is 268 cm³/mol. The van der Waals surface area contributed by atoms with Gasteiger partial charge in [0.25, 0.3) is 0 Å². The second-order valence-corrected chi connectivity index (χ2v) is 17.9. The van der Waals surface area contributed by atoms with Gasteiger partial charge in [0.15, 0.2) is 0 Å². The second-order valence-electron chi connectivity index (χ2n) is 17.9. The third-order valence-corrected chi connectivity index (χ3v) is 11.3. The largest absolute Gasteiger partial charge is 0.303 e. The molecular weight excluding hydrogens is 693 g/mol. The van der Waals surface area contributed by atoms with Gasteiger partial charge in [-0.2, -0.15) is 0 Å². The molecule has 0 N–H and O–H groups in total. The van der Waals surface area contributed by atoms with Gasteiger partial charge in [-0.25, -0.2) is 0 Å². The van der Waals surface area contributed by atoms with Gasteiger partial charge in [-0.3, -0.25) is 4.90 Å². The summed E-state index contributed by atoms with van der Waals surface area (Å²) < 4.78 is 0. The molecule has 0 fully saturated rings. The first kappa shape index (κ1) is 63.5. The first-order chi connectivity index (χ1) is 27.6. The normalized spacial score (nSPS) is 11.4. The minimum absolute atomic E-state index is 0.690. The molecule has 0 aromatic heterocycles. The fraction of sp³-hybridized carbons (Fsp3) is 1.00. The molecule has 0 aromatic carbocycles. The zero-order chi connectivity index (χ0) is 43.6. The summed E-state index contributed by atoms with van der Waals surface area (Å²) in [6.45, 7) is 44.7. The summed E-state index contributed by atoms with van der Waals surface area (Å²) in [4.78, 5) is 10.4. The first-order valence-electron chi connectivity index (χ1n) is 26.6. The van der Waals surface area contributed by atoms with Crippen LogP contribution in [0, 0.1) is 0 Å². The molecule has 0 saturated heterocycles. The SMILES string of the molecule is CCCCCCCCN(CCCCCCCC)CCCCCCCC.CCCCN(CCCC)CCCC.CCCN(CCC)CCC.CCN(C(C)C)C(C)C. The summed E-state index contributed by atoms with van der Waals surface area (Å²) in [6.07, 6.45) is 37.7. The van der Waals surface area contributed by atoms with E-state index in [2.05, 4.69) is 117 Å². The molecular formula is C53H118N4. The highest BCUT2D eigenvalue weighted by Crippen LogP contribution is 2.12. The molecule has 0 aromatic rings. The fourth-order valence-electron chi connectivity index (χ4n) is 7.77. The zero-order valence-corrected chi connectivity index (χ0v) is 43.1. The van der Waals surface area contributed by atoms with Crippen molar-refractivity contribution in [2.45, 2.75) is 282 Å². The second kappa shape index (κ2) is 55.8. The van der Waals surface area contributed by atoms with Crippen LogP contribution in [0.2, 0.25) is 0 Å². The van der Waals surface area contributed by atoms with E-state index in [1.54, 1.807) is 0 Å². The van der Waals surface area contributed by atoms with Crippen molar-refractivity contribution in [2.24, 2.45) is 0 Å². The summed E-state index contributed by atoms with van der Waals surface area (Å²) in [7, 11) is 0. The Hall–Kier alpha value is -0.160. The molecule has 350 valence electrons. The van der Waals surface area contributed by atoms with E-state index in [1.165, 1.54) is 232 Å². The lowest BCUT2D eigenvalue weighted by Gasteiger charge is -2.28. The van der Waals surface area contributed by atoms with E-state index in [-0.39, 0.29) is 0 Å². The van der Waals surface area contributed by atoms with Gasteiger partial charge in [0.1, 0.15) is 0 Å². The third-order valence-electron chi connectivity index (χ3n) is 11.3. The quantitative estimate of drug-likeness (QED) is 0.0573. The molecule has 0 rings (SSSR count). The Kier molecular flexibility index (Phi) is 62.2. The Morgan fingerprint density at radius 2 is 0.439 bits per heavy atom. The predicted octanol–water partition coefficient (Wildman–Crippen LogP) is 16.7. The molecule has 0 saturated carbocycles. The molecule has 0 aliphatic heterocycles. The lowest BCUT2D eigenvalue weighted by Crippen LogP contribution is -2.36. The third kappa shape index (κ3) is 53.8. The molecule has 4 nitrogen and oxygen atoms in total. The van der Waals surface area contributed by atoms with E-state index < -0.39 is 0 Å². The number of hydrogen-bond acceptors (Lipinski definition) is 4. The summed E-state index contributed by atoms with van der Waals surface area (Å²) in [5.41, 5.74) is 0. The monoisotopic (exact) mass is 811 g/mol. The molecule has 0 radical (unpaired) electrons. The van der Waals surface area contributed by atoms with Crippen LogP contribution in [0.3, 0.4) is 0 Å². The number of rotatable bonds is 39. The molecule has 0 aliphatic carbocycles. The summed E-state index contributed by atoms with van der Waals surface area (Å²) in [6, 6.07) is 1.38. The van der Waals surface area contributed by atoms with Crippen molar-refractivity contribution in [3.63, 3.8) is 0 Å². The number of hydrogen-bond donors (Lipinski definition) is 0. The van der Waals surface area contributed by atoms with Gasteiger partial charge in [0.2, 0.25) is 0 Å². The number of unbranched alkanes of at least 4 members (excludes halogenated alkanes) is 18. The average molecular weight is 812 g/mol. The molecule has 0 atom stereocenters. The molecule has 0 heterocycles. The summed E-state index contributed by atoms with van der Waals surface area (Å²) in [5.74, 6) is 0. The lowest BCUT2D eigenvalue weighted by atomic mass is 10.1. The summed E-state index contributed by atoms with van der Waals surface area (Å²) in [5, 5.41) is 0. The average Bonchev–Trinajstić information content (AvgIpc) is 3.19. The topological polar surface area (TPSA) is 13.0 Å². The molecule has 4 heteroatoms. The van der Waals surface area contributed by atoms with Gasteiger partial charge in [0.05, 0.1) is 0 Å². The standard InChI is InChI=1S/C24H51N.C12H27N.C9H21N.C8H19N/c1-4-7-10-13-16-19-22-25(23-20-17-14-11-8-5-2)24-21-18-15-12-9-6-3;1-4-7-10-13(11-8-5-2)12-9-6-3;1-4-7-10(8-5-2)9-6-3;1-6-9(7(2)3)8(4)5/h4-24H2,1-3H3;4-12H2,1-3H3;4-9H2,1-3H3;7-8H,6H2,1-5H3. The van der Waals surface area contributed by atoms with Crippen LogP contribution in [0.1, 0.15) is 270 Å². The molecule has 57 heavy (non-hydrogen) atoms. The van der Waals surface area contributed by atoms with E-state index in [0.29, 0.717) is 12.1 Å². The van der Waals surface area contributed by atoms with Crippen molar-refractivity contribution >= 4 is 0 Å². The van der Waals surface area contributed by atoms with Gasteiger partial charge in [-0.1, -0.05) is 185 Å². The maximum absolute atomic E-state index is 2.79. The van der Waals surface area contributed by atoms with Crippen molar-refractivity contribution in [3.05, 3.63) is 0 Å². The van der Waals surface area contributed by atoms with Crippen molar-refractivity contribution in [1.29, 1.82) is 0 Å². The Morgan fingerprint density at radius 3 is 0.632 bits per heavy atom. The maximum atomic E-state index is 2.79. The minimum atomic E-state index is 0.690. The molecule has 0 spiro atoms. The van der Waals surface area contributed by atoms with E-state index in [1.807, 2.05) is 0 Å². The number of nitrogens with zero attached hydrogens (tertiary/aromatic N) is 4. The highest BCUT2D eigenvalue weighted by atomic mass is 15.2. The van der Waals surface area contributed by atoms with Crippen molar-refractivity contribution < 1.29 is 0 Å². The van der Waals surface area contributed by atoms with E-state index in [0.717, 1.165) is 6.54 Å². The van der Waals surface area contributed by atoms with E-state index in [4.69, 9.17) is 0 Å². The Labute approximate surface area is 366 Å². The van der Waals surface area contributed by atoms with Crippen LogP contribution < -0.4 is 0 Å². The Bertz CT molecular complexity index is 574. The van der Waals surface area contributed by atoms with Crippen LogP contribution in [-0.2, 0) is 0 Å². The van der Waals surface area contributed by atoms with Crippen molar-refractivity contribution in [1.82, 2.24) is 19.6 Å². The maximum Gasteiger partial charge on any atom is 0.00411 e. The van der Waals surface area contributed by atoms with Gasteiger partial charge in [-0.05, 0) is 151 Å². The van der Waals surface area contributed by atoms with Crippen LogP contribution >= 0.6 is 0 Å². The summed E-state index contributed by atoms with van der Waals surface area (Å²) >= 11 is 0. The molecule has 0 amide bonds. The van der Waals surface area contributed by atoms with Gasteiger partial charge < -0.3 is 14.7 Å². The highest BCUT2D eigenvalue weighted by molar-refractivity contribution is 4.64. The molecule has 0 bridgehead atoms. The van der Waals surface area contributed by atoms with Crippen molar-refractivity contribution in [3.8, 4) is 0 Å². The van der Waals surface area contributed by atoms with Gasteiger partial charge in [-0.15, -0.1) is 0 Å². The molecule has 0 aliphatic rings. The van der Waals surface area contributed by atoms with Crippen LogP contribution in [0.25, 0.3) is 0 Å². The lowest BCUT2D eigenvalue weighted by molar-refractivity contribution is 0.185. The van der Waals surface area contributed by atoms with Gasteiger partial charge >= 0.3 is 0 Å². The van der Waals surface area contributed by atoms with Crippen LogP contribution in [0.15, 0.2) is 0 Å². The highest BCUT2D eigenvalue weighted by Gasteiger charge is 2.09. The van der Waals surface area contributed by atoms with E-state index >= 15 is 0 Å². The smallest absolute Gasteiger partial charge is 0.00411 e. The molecule has 0 unspecified atom stereocenters.